The van der Waals surface area contributed by atoms with E-state index in [1.165, 1.54) is 17.5 Å². The minimum Gasteiger partial charge on any atom is -0.495 e. The first-order valence-electron chi connectivity index (χ1n) is 6.19. The van der Waals surface area contributed by atoms with Gasteiger partial charge < -0.3 is 10.5 Å². The normalized spacial score (nSPS) is 12.1. The summed E-state index contributed by atoms with van der Waals surface area (Å²) in [6, 6.07) is 4.62. The van der Waals surface area contributed by atoms with Gasteiger partial charge in [0.25, 0.3) is 0 Å². The lowest BCUT2D eigenvalue weighted by Crippen LogP contribution is -2.29. The zero-order valence-electron chi connectivity index (χ0n) is 11.9. The molecule has 0 aliphatic carbocycles. The number of methoxy groups -OCH3 is 1. The van der Waals surface area contributed by atoms with E-state index in [0.717, 1.165) is 6.42 Å². The van der Waals surface area contributed by atoms with E-state index in [-0.39, 0.29) is 4.90 Å². The van der Waals surface area contributed by atoms with Crippen molar-refractivity contribution in [3.8, 4) is 5.75 Å². The van der Waals surface area contributed by atoms with E-state index in [2.05, 4.69) is 13.8 Å². The molecule has 1 aromatic carbocycles. The van der Waals surface area contributed by atoms with Crippen molar-refractivity contribution in [3.63, 3.8) is 0 Å². The monoisotopic (exact) mass is 286 g/mol. The van der Waals surface area contributed by atoms with Crippen LogP contribution in [-0.2, 0) is 10.0 Å². The third kappa shape index (κ3) is 3.84. The van der Waals surface area contributed by atoms with Gasteiger partial charge in [-0.05, 0) is 30.5 Å². The Morgan fingerprint density at radius 1 is 1.37 bits per heavy atom. The van der Waals surface area contributed by atoms with Gasteiger partial charge in [0, 0.05) is 19.3 Å². The number of benzene rings is 1. The van der Waals surface area contributed by atoms with Crippen molar-refractivity contribution in [2.24, 2.45) is 5.92 Å². The highest BCUT2D eigenvalue weighted by atomic mass is 32.2. The van der Waals surface area contributed by atoms with Gasteiger partial charge in [0.1, 0.15) is 10.6 Å². The number of rotatable bonds is 6. The van der Waals surface area contributed by atoms with Crippen LogP contribution in [0.25, 0.3) is 0 Å². The summed E-state index contributed by atoms with van der Waals surface area (Å²) in [5, 5.41) is 0. The molecule has 5 nitrogen and oxygen atoms in total. The summed E-state index contributed by atoms with van der Waals surface area (Å²) in [7, 11) is -0.559. The van der Waals surface area contributed by atoms with Gasteiger partial charge in [-0.15, -0.1) is 0 Å². The van der Waals surface area contributed by atoms with E-state index in [1.54, 1.807) is 19.2 Å². The Hall–Kier alpha value is -1.27. The summed E-state index contributed by atoms with van der Waals surface area (Å²) in [6.07, 6.45) is 0.806. The molecule has 0 amide bonds. The SMILES string of the molecule is COc1ccc(N)cc1S(=O)(=O)N(C)CCC(C)C. The summed E-state index contributed by atoms with van der Waals surface area (Å²) in [4.78, 5) is 0.112. The van der Waals surface area contributed by atoms with E-state index >= 15 is 0 Å². The molecule has 0 saturated carbocycles. The fourth-order valence-electron chi connectivity index (χ4n) is 1.62. The fourth-order valence-corrected chi connectivity index (χ4v) is 3.00. The van der Waals surface area contributed by atoms with Crippen LogP contribution in [0.15, 0.2) is 23.1 Å². The summed E-state index contributed by atoms with van der Waals surface area (Å²) < 4.78 is 31.4. The van der Waals surface area contributed by atoms with E-state index in [9.17, 15) is 8.42 Å². The molecule has 19 heavy (non-hydrogen) atoms. The van der Waals surface area contributed by atoms with Gasteiger partial charge in [0.05, 0.1) is 7.11 Å². The number of nitrogen functional groups attached to an aromatic ring is 1. The molecule has 0 bridgehead atoms. The molecule has 6 heteroatoms. The largest absolute Gasteiger partial charge is 0.495 e. The first-order chi connectivity index (χ1) is 8.78. The zero-order chi connectivity index (χ0) is 14.6. The number of hydrogen-bond acceptors (Lipinski definition) is 4. The smallest absolute Gasteiger partial charge is 0.246 e. The maximum atomic E-state index is 12.5. The molecule has 0 aliphatic heterocycles. The lowest BCUT2D eigenvalue weighted by molar-refractivity contribution is 0.394. The first kappa shape index (κ1) is 15.8. The molecule has 0 heterocycles. The molecular weight excluding hydrogens is 264 g/mol. The molecule has 108 valence electrons. The van der Waals surface area contributed by atoms with Crippen molar-refractivity contribution in [2.75, 3.05) is 26.4 Å². The number of nitrogens with two attached hydrogens (primary N) is 1. The Bertz CT molecular complexity index is 527. The average molecular weight is 286 g/mol. The van der Waals surface area contributed by atoms with Crippen LogP contribution in [0.4, 0.5) is 5.69 Å². The summed E-state index contributed by atoms with van der Waals surface area (Å²) in [5.74, 6) is 0.756. The Kier molecular flexibility index (Phi) is 5.20. The van der Waals surface area contributed by atoms with Crippen molar-refractivity contribution < 1.29 is 13.2 Å². The molecule has 0 aliphatic rings. The quantitative estimate of drug-likeness (QED) is 0.811. The van der Waals surface area contributed by atoms with Crippen LogP contribution in [-0.4, -0.2) is 33.4 Å². The van der Waals surface area contributed by atoms with E-state index < -0.39 is 10.0 Å². The van der Waals surface area contributed by atoms with Crippen molar-refractivity contribution >= 4 is 15.7 Å². The molecule has 0 aromatic heterocycles. The second-order valence-corrected chi connectivity index (χ2v) is 6.93. The minimum absolute atomic E-state index is 0.112. The van der Waals surface area contributed by atoms with E-state index in [1.807, 2.05) is 0 Å². The highest BCUT2D eigenvalue weighted by Crippen LogP contribution is 2.28. The van der Waals surface area contributed by atoms with E-state index in [0.29, 0.717) is 23.9 Å². The average Bonchev–Trinajstić information content (AvgIpc) is 2.35. The Morgan fingerprint density at radius 2 is 2.00 bits per heavy atom. The van der Waals surface area contributed by atoms with Crippen LogP contribution in [0.2, 0.25) is 0 Å². The van der Waals surface area contributed by atoms with Gasteiger partial charge in [-0.1, -0.05) is 13.8 Å². The fraction of sp³-hybridized carbons (Fsp3) is 0.538. The summed E-state index contributed by atoms with van der Waals surface area (Å²) in [6.45, 7) is 4.58. The van der Waals surface area contributed by atoms with Crippen LogP contribution in [0.5, 0.6) is 5.75 Å². The van der Waals surface area contributed by atoms with Crippen LogP contribution in [0, 0.1) is 5.92 Å². The number of nitrogens with zero attached hydrogens (tertiary/aromatic N) is 1. The number of anilines is 1. The zero-order valence-corrected chi connectivity index (χ0v) is 12.7. The van der Waals surface area contributed by atoms with Crippen molar-refractivity contribution in [1.29, 1.82) is 0 Å². The third-order valence-corrected chi connectivity index (χ3v) is 4.78. The molecule has 0 spiro atoms. The van der Waals surface area contributed by atoms with Gasteiger partial charge in [-0.2, -0.15) is 0 Å². The maximum absolute atomic E-state index is 12.5. The number of ether oxygens (including phenoxy) is 1. The predicted octanol–water partition coefficient (Wildman–Crippen LogP) is 1.94. The molecule has 0 radical (unpaired) electrons. The third-order valence-electron chi connectivity index (χ3n) is 2.90. The number of sulfonamides is 1. The van der Waals surface area contributed by atoms with Crippen LogP contribution in [0.3, 0.4) is 0 Å². The second kappa shape index (κ2) is 6.25. The van der Waals surface area contributed by atoms with E-state index in [4.69, 9.17) is 10.5 Å². The van der Waals surface area contributed by atoms with Crippen LogP contribution < -0.4 is 10.5 Å². The molecule has 2 N–H and O–H groups in total. The van der Waals surface area contributed by atoms with Gasteiger partial charge >= 0.3 is 0 Å². The molecule has 0 saturated heterocycles. The lowest BCUT2D eigenvalue weighted by Gasteiger charge is -2.20. The van der Waals surface area contributed by atoms with Gasteiger partial charge in [0.15, 0.2) is 0 Å². The van der Waals surface area contributed by atoms with Crippen LogP contribution in [0.1, 0.15) is 20.3 Å². The highest BCUT2D eigenvalue weighted by molar-refractivity contribution is 7.89. The summed E-state index contributed by atoms with van der Waals surface area (Å²) >= 11 is 0. The molecule has 0 atom stereocenters. The Labute approximate surface area is 115 Å². The predicted molar refractivity (Wildman–Crippen MR) is 76.7 cm³/mol. The maximum Gasteiger partial charge on any atom is 0.246 e. The molecule has 0 unspecified atom stereocenters. The van der Waals surface area contributed by atoms with Gasteiger partial charge in [-0.25, -0.2) is 12.7 Å². The van der Waals surface area contributed by atoms with Gasteiger partial charge in [-0.3, -0.25) is 0 Å². The Balaban J connectivity index is 3.09. The highest BCUT2D eigenvalue weighted by Gasteiger charge is 2.24. The lowest BCUT2D eigenvalue weighted by atomic mass is 10.1. The standard InChI is InChI=1S/C13H22N2O3S/c1-10(2)7-8-15(3)19(16,17)13-9-11(14)5-6-12(13)18-4/h5-6,9-10H,7-8,14H2,1-4H3. The topological polar surface area (TPSA) is 72.6 Å². The molecule has 1 aromatic rings. The van der Waals surface area contributed by atoms with Crippen molar-refractivity contribution in [2.45, 2.75) is 25.2 Å². The van der Waals surface area contributed by atoms with Crippen molar-refractivity contribution in [1.82, 2.24) is 4.31 Å². The molecular formula is C13H22N2O3S. The Morgan fingerprint density at radius 3 is 2.53 bits per heavy atom. The first-order valence-corrected chi connectivity index (χ1v) is 7.63. The van der Waals surface area contributed by atoms with Crippen LogP contribution >= 0.6 is 0 Å². The second-order valence-electron chi connectivity index (χ2n) is 4.92. The molecule has 0 fully saturated rings. The summed E-state index contributed by atoms with van der Waals surface area (Å²) in [5.41, 5.74) is 6.06. The molecule has 1 rings (SSSR count). The minimum atomic E-state index is -3.57. The van der Waals surface area contributed by atoms with Gasteiger partial charge in [0.2, 0.25) is 10.0 Å². The number of hydrogen-bond donors (Lipinski definition) is 1. The van der Waals surface area contributed by atoms with Crippen molar-refractivity contribution in [3.05, 3.63) is 18.2 Å².